The standard InChI is InChI=1S/C20H13FN2OS/c21-17-8-4-3-7-15(17)19(24)23-20-16(11-22)14-10-9-12-5-1-2-6-13(12)18(14)25-20/h1-8H,9-10H2,(H,23,24). The number of carbonyl (C=O) groups excluding carboxylic acids is 1. The number of anilines is 1. The summed E-state index contributed by atoms with van der Waals surface area (Å²) in [4.78, 5) is 13.4. The Morgan fingerprint density at radius 1 is 1.12 bits per heavy atom. The van der Waals surface area contributed by atoms with Gasteiger partial charge in [0.25, 0.3) is 5.91 Å². The van der Waals surface area contributed by atoms with Crippen LogP contribution in [0.3, 0.4) is 0 Å². The molecule has 0 spiro atoms. The summed E-state index contributed by atoms with van der Waals surface area (Å²) < 4.78 is 13.8. The average Bonchev–Trinajstić information content (AvgIpc) is 2.99. The minimum Gasteiger partial charge on any atom is -0.312 e. The number of amides is 1. The Morgan fingerprint density at radius 3 is 2.68 bits per heavy atom. The summed E-state index contributed by atoms with van der Waals surface area (Å²) in [7, 11) is 0. The lowest BCUT2D eigenvalue weighted by Gasteiger charge is -2.15. The molecule has 1 aromatic heterocycles. The lowest BCUT2D eigenvalue weighted by molar-refractivity contribution is 0.102. The normalized spacial score (nSPS) is 12.0. The van der Waals surface area contributed by atoms with Crippen molar-refractivity contribution in [1.29, 1.82) is 5.26 Å². The molecule has 1 amide bonds. The number of nitrogens with one attached hydrogen (secondary N) is 1. The summed E-state index contributed by atoms with van der Waals surface area (Å²) in [5.74, 6) is -1.12. The maximum absolute atomic E-state index is 13.8. The summed E-state index contributed by atoms with van der Waals surface area (Å²) in [5, 5.41) is 12.8. The van der Waals surface area contributed by atoms with E-state index >= 15 is 0 Å². The van der Waals surface area contributed by atoms with Crippen LogP contribution in [0.15, 0.2) is 48.5 Å². The first-order valence-corrected chi connectivity index (χ1v) is 8.70. The van der Waals surface area contributed by atoms with Crippen LogP contribution in [0.4, 0.5) is 9.39 Å². The Kier molecular flexibility index (Phi) is 3.83. The Hall–Kier alpha value is -2.97. The summed E-state index contributed by atoms with van der Waals surface area (Å²) in [5.41, 5.74) is 3.77. The molecule has 1 aliphatic carbocycles. The van der Waals surface area contributed by atoms with Gasteiger partial charge in [0.1, 0.15) is 16.9 Å². The molecule has 0 aliphatic heterocycles. The maximum Gasteiger partial charge on any atom is 0.259 e. The number of thiophene rings is 1. The molecule has 1 heterocycles. The van der Waals surface area contributed by atoms with Crippen molar-refractivity contribution in [2.24, 2.45) is 0 Å². The second kappa shape index (κ2) is 6.15. The number of carbonyl (C=O) groups is 1. The molecular formula is C20H13FN2OS. The van der Waals surface area contributed by atoms with Gasteiger partial charge in [-0.05, 0) is 41.7 Å². The van der Waals surface area contributed by atoms with E-state index in [1.165, 1.54) is 35.1 Å². The zero-order valence-corrected chi connectivity index (χ0v) is 14.0. The molecule has 0 atom stereocenters. The number of rotatable bonds is 2. The summed E-state index contributed by atoms with van der Waals surface area (Å²) in [6.07, 6.45) is 1.64. The molecule has 25 heavy (non-hydrogen) atoms. The van der Waals surface area contributed by atoms with Crippen LogP contribution in [0.5, 0.6) is 0 Å². The second-order valence-electron chi connectivity index (χ2n) is 5.82. The van der Waals surface area contributed by atoms with Crippen molar-refractivity contribution in [2.75, 3.05) is 5.32 Å². The number of hydrogen-bond donors (Lipinski definition) is 1. The van der Waals surface area contributed by atoms with Crippen LogP contribution in [0.2, 0.25) is 0 Å². The first-order valence-electron chi connectivity index (χ1n) is 7.89. The van der Waals surface area contributed by atoms with Gasteiger partial charge in [0.05, 0.1) is 11.1 Å². The molecule has 5 heteroatoms. The van der Waals surface area contributed by atoms with Crippen molar-refractivity contribution in [3.8, 4) is 16.5 Å². The lowest BCUT2D eigenvalue weighted by Crippen LogP contribution is -2.13. The van der Waals surface area contributed by atoms with Gasteiger partial charge in [0.15, 0.2) is 0 Å². The largest absolute Gasteiger partial charge is 0.312 e. The summed E-state index contributed by atoms with van der Waals surface area (Å²) >= 11 is 1.38. The third-order valence-corrected chi connectivity index (χ3v) is 5.55. The number of halogens is 1. The molecule has 122 valence electrons. The molecule has 0 saturated carbocycles. The van der Waals surface area contributed by atoms with Crippen LogP contribution in [-0.4, -0.2) is 5.91 Å². The molecule has 0 unspecified atom stereocenters. The highest BCUT2D eigenvalue weighted by molar-refractivity contribution is 7.20. The first-order chi connectivity index (χ1) is 12.2. The zero-order valence-electron chi connectivity index (χ0n) is 13.2. The highest BCUT2D eigenvalue weighted by Crippen LogP contribution is 2.44. The van der Waals surface area contributed by atoms with Crippen LogP contribution in [0.25, 0.3) is 10.4 Å². The van der Waals surface area contributed by atoms with Gasteiger partial charge in [-0.15, -0.1) is 11.3 Å². The van der Waals surface area contributed by atoms with Gasteiger partial charge in [0.2, 0.25) is 0 Å². The maximum atomic E-state index is 13.8. The van der Waals surface area contributed by atoms with Crippen LogP contribution in [0, 0.1) is 17.1 Å². The van der Waals surface area contributed by atoms with Crippen LogP contribution in [0.1, 0.15) is 27.0 Å². The van der Waals surface area contributed by atoms with Gasteiger partial charge in [-0.1, -0.05) is 36.4 Å². The Bertz CT molecular complexity index is 1030. The van der Waals surface area contributed by atoms with Crippen LogP contribution < -0.4 is 5.32 Å². The lowest BCUT2D eigenvalue weighted by atomic mass is 9.90. The predicted molar refractivity (Wildman–Crippen MR) is 96.2 cm³/mol. The van der Waals surface area contributed by atoms with E-state index in [1.54, 1.807) is 6.07 Å². The molecule has 3 nitrogen and oxygen atoms in total. The average molecular weight is 348 g/mol. The third-order valence-electron chi connectivity index (χ3n) is 4.37. The topological polar surface area (TPSA) is 52.9 Å². The van der Waals surface area contributed by atoms with E-state index < -0.39 is 11.7 Å². The fourth-order valence-corrected chi connectivity index (χ4v) is 4.42. The minimum absolute atomic E-state index is 0.0295. The van der Waals surface area contributed by atoms with E-state index in [2.05, 4.69) is 17.5 Å². The number of hydrogen-bond acceptors (Lipinski definition) is 3. The first kappa shape index (κ1) is 15.6. The predicted octanol–water partition coefficient (Wildman–Crippen LogP) is 4.78. The van der Waals surface area contributed by atoms with Gasteiger partial charge in [-0.3, -0.25) is 4.79 Å². The zero-order chi connectivity index (χ0) is 17.4. The molecule has 0 fully saturated rings. The molecule has 0 bridgehead atoms. The van der Waals surface area contributed by atoms with Crippen molar-refractivity contribution in [2.45, 2.75) is 12.8 Å². The van der Waals surface area contributed by atoms with E-state index in [1.807, 2.05) is 18.2 Å². The highest BCUT2D eigenvalue weighted by atomic mass is 32.1. The molecule has 0 saturated heterocycles. The van der Waals surface area contributed by atoms with Gasteiger partial charge >= 0.3 is 0 Å². The van der Waals surface area contributed by atoms with Crippen molar-refractivity contribution >= 4 is 22.2 Å². The Labute approximate surface area is 148 Å². The molecule has 4 rings (SSSR count). The van der Waals surface area contributed by atoms with Crippen molar-refractivity contribution in [1.82, 2.24) is 0 Å². The number of fused-ring (bicyclic) bond motifs is 3. The van der Waals surface area contributed by atoms with E-state index in [9.17, 15) is 14.4 Å². The van der Waals surface area contributed by atoms with Gasteiger partial charge in [-0.2, -0.15) is 5.26 Å². The van der Waals surface area contributed by atoms with Crippen LogP contribution in [-0.2, 0) is 12.8 Å². The SMILES string of the molecule is N#Cc1c(NC(=O)c2ccccc2F)sc2c1CCc1ccccc1-2. The molecular weight excluding hydrogens is 335 g/mol. The number of nitriles is 1. The smallest absolute Gasteiger partial charge is 0.259 e. The van der Waals surface area contributed by atoms with Gasteiger partial charge < -0.3 is 5.32 Å². The quantitative estimate of drug-likeness (QED) is 0.725. The van der Waals surface area contributed by atoms with E-state index in [0.29, 0.717) is 10.6 Å². The van der Waals surface area contributed by atoms with E-state index in [-0.39, 0.29) is 5.56 Å². The third kappa shape index (κ3) is 2.61. The van der Waals surface area contributed by atoms with Gasteiger partial charge in [0, 0.05) is 4.88 Å². The molecule has 1 aliphatic rings. The van der Waals surface area contributed by atoms with Crippen molar-refractivity contribution < 1.29 is 9.18 Å². The Morgan fingerprint density at radius 2 is 1.88 bits per heavy atom. The highest BCUT2D eigenvalue weighted by Gasteiger charge is 2.25. The molecule has 1 N–H and O–H groups in total. The number of benzene rings is 2. The molecule has 0 radical (unpaired) electrons. The minimum atomic E-state index is -0.579. The Balaban J connectivity index is 1.76. The monoisotopic (exact) mass is 348 g/mol. The van der Waals surface area contributed by atoms with Crippen molar-refractivity contribution in [3.63, 3.8) is 0 Å². The fraction of sp³-hybridized carbons (Fsp3) is 0.100. The molecule has 3 aromatic rings. The second-order valence-corrected chi connectivity index (χ2v) is 6.84. The number of nitrogens with zero attached hydrogens (tertiary/aromatic N) is 1. The van der Waals surface area contributed by atoms with E-state index in [4.69, 9.17) is 0 Å². The summed E-state index contributed by atoms with van der Waals surface area (Å²) in [6, 6.07) is 16.1. The fourth-order valence-electron chi connectivity index (χ4n) is 3.16. The van der Waals surface area contributed by atoms with E-state index in [0.717, 1.165) is 28.8 Å². The number of aryl methyl sites for hydroxylation is 1. The summed E-state index contributed by atoms with van der Waals surface area (Å²) in [6.45, 7) is 0. The molecule has 2 aromatic carbocycles. The van der Waals surface area contributed by atoms with Crippen molar-refractivity contribution in [3.05, 3.63) is 76.6 Å². The van der Waals surface area contributed by atoms with Gasteiger partial charge in [-0.25, -0.2) is 4.39 Å². The van der Waals surface area contributed by atoms with Crippen LogP contribution >= 0.6 is 11.3 Å².